The van der Waals surface area contributed by atoms with Crippen LogP contribution >= 0.6 is 22.6 Å². The second-order valence-corrected chi connectivity index (χ2v) is 10.3. The Morgan fingerprint density at radius 1 is 0.684 bits per heavy atom. The van der Waals surface area contributed by atoms with Crippen LogP contribution in [0.5, 0.6) is 0 Å². The van der Waals surface area contributed by atoms with Gasteiger partial charge in [-0.15, -0.1) is 0 Å². The molecule has 0 spiro atoms. The first kappa shape index (κ1) is 27.0. The average molecular weight is 621 g/mol. The van der Waals surface area contributed by atoms with E-state index < -0.39 is 0 Å². The first-order valence-electron chi connectivity index (χ1n) is 13.1. The van der Waals surface area contributed by atoms with Crippen molar-refractivity contribution in [3.63, 3.8) is 0 Å². The number of rotatable bonds is 11. The third-order valence-electron chi connectivity index (χ3n) is 6.82. The zero-order chi connectivity index (χ0) is 26.0. The number of halogens is 1. The summed E-state index contributed by atoms with van der Waals surface area (Å²) in [6, 6.07) is 35.4. The predicted molar refractivity (Wildman–Crippen MR) is 160 cm³/mol. The average Bonchev–Trinajstić information content (AvgIpc) is 2.97. The summed E-state index contributed by atoms with van der Waals surface area (Å²) in [7, 11) is 0. The van der Waals surface area contributed by atoms with Crippen LogP contribution in [0.4, 0.5) is 0 Å². The van der Waals surface area contributed by atoms with Gasteiger partial charge in [0.25, 0.3) is 0 Å². The molecule has 1 saturated heterocycles. The molecule has 1 aliphatic rings. The number of benzene rings is 4. The van der Waals surface area contributed by atoms with Crippen molar-refractivity contribution < 1.29 is 18.9 Å². The van der Waals surface area contributed by atoms with E-state index in [2.05, 4.69) is 95.4 Å². The second-order valence-electron chi connectivity index (χ2n) is 9.56. The summed E-state index contributed by atoms with van der Waals surface area (Å²) in [6.07, 6.45) is 2.16. The van der Waals surface area contributed by atoms with Crippen LogP contribution in [0.2, 0.25) is 0 Å². The van der Waals surface area contributed by atoms with Crippen molar-refractivity contribution in [2.75, 3.05) is 6.61 Å². The molecule has 0 radical (unpaired) electrons. The molecule has 1 fully saturated rings. The van der Waals surface area contributed by atoms with Crippen molar-refractivity contribution >= 4 is 33.4 Å². The first-order chi connectivity index (χ1) is 18.8. The Kier molecular flexibility index (Phi) is 9.97. The zero-order valence-electron chi connectivity index (χ0n) is 21.3. The van der Waals surface area contributed by atoms with Crippen LogP contribution in [0.3, 0.4) is 0 Å². The molecular weight excluding hydrogens is 587 g/mol. The molecule has 5 rings (SSSR count). The molecule has 1 heterocycles. The fourth-order valence-corrected chi connectivity index (χ4v) is 5.20. The molecule has 196 valence electrons. The summed E-state index contributed by atoms with van der Waals surface area (Å²) in [6.45, 7) is 2.04. The Bertz CT molecular complexity index is 1290. The van der Waals surface area contributed by atoms with Gasteiger partial charge in [-0.3, -0.25) is 0 Å². The van der Waals surface area contributed by atoms with Crippen LogP contribution in [-0.2, 0) is 38.8 Å². The topological polar surface area (TPSA) is 36.9 Å². The predicted octanol–water partition coefficient (Wildman–Crippen LogP) is 7.63. The summed E-state index contributed by atoms with van der Waals surface area (Å²) in [5, 5.41) is 2.45. The normalized spacial score (nSPS) is 21.7. The van der Waals surface area contributed by atoms with Crippen molar-refractivity contribution in [1.82, 2.24) is 0 Å². The van der Waals surface area contributed by atoms with Gasteiger partial charge in [0.15, 0.2) is 0 Å². The monoisotopic (exact) mass is 620 g/mol. The van der Waals surface area contributed by atoms with E-state index in [1.807, 2.05) is 40.5 Å². The van der Waals surface area contributed by atoms with Crippen LogP contribution in [0.1, 0.15) is 23.1 Å². The van der Waals surface area contributed by atoms with Crippen molar-refractivity contribution in [3.8, 4) is 0 Å². The lowest BCUT2D eigenvalue weighted by molar-refractivity contribution is -0.202. The van der Waals surface area contributed by atoms with Crippen LogP contribution in [0, 0.1) is 0 Å². The van der Waals surface area contributed by atoms with Gasteiger partial charge in [0.1, 0.15) is 12.2 Å². The maximum atomic E-state index is 6.57. The number of ether oxygens (including phenoxy) is 4. The molecule has 0 aromatic heterocycles. The van der Waals surface area contributed by atoms with Crippen molar-refractivity contribution in [1.29, 1.82) is 0 Å². The molecule has 4 aromatic rings. The molecule has 0 N–H and O–H groups in total. The maximum absolute atomic E-state index is 6.57. The number of fused-ring (bicyclic) bond motifs is 1. The SMILES string of the molecule is I/C=C\[C@@H]1O[C@H](COCc2ccccc2)[C@@H](OCc2ccccc2)C[C@H]1OCc1ccc2ccccc2c1. The van der Waals surface area contributed by atoms with E-state index in [1.54, 1.807) is 0 Å². The van der Waals surface area contributed by atoms with Crippen molar-refractivity contribution in [2.24, 2.45) is 0 Å². The summed E-state index contributed by atoms with van der Waals surface area (Å²) >= 11 is 2.24. The van der Waals surface area contributed by atoms with E-state index >= 15 is 0 Å². The minimum Gasteiger partial charge on any atom is -0.374 e. The molecule has 38 heavy (non-hydrogen) atoms. The van der Waals surface area contributed by atoms with Gasteiger partial charge in [0.2, 0.25) is 0 Å². The Labute approximate surface area is 238 Å². The molecule has 1 aliphatic heterocycles. The van der Waals surface area contributed by atoms with Crippen LogP contribution in [0.25, 0.3) is 10.8 Å². The smallest absolute Gasteiger partial charge is 0.108 e. The summed E-state index contributed by atoms with van der Waals surface area (Å²) in [5.41, 5.74) is 3.43. The lowest BCUT2D eigenvalue weighted by Crippen LogP contribution is -2.50. The van der Waals surface area contributed by atoms with E-state index in [0.29, 0.717) is 26.4 Å². The first-order valence-corrected chi connectivity index (χ1v) is 14.3. The molecule has 0 saturated carbocycles. The number of hydrogen-bond acceptors (Lipinski definition) is 4. The molecule has 0 amide bonds. The highest BCUT2D eigenvalue weighted by Crippen LogP contribution is 2.29. The van der Waals surface area contributed by atoms with Crippen LogP contribution in [0.15, 0.2) is 113 Å². The largest absolute Gasteiger partial charge is 0.374 e. The van der Waals surface area contributed by atoms with Crippen molar-refractivity contribution in [3.05, 3.63) is 130 Å². The fraction of sp³-hybridized carbons (Fsp3) is 0.273. The Hall–Kier alpha value is -2.55. The van der Waals surface area contributed by atoms with Crippen molar-refractivity contribution in [2.45, 2.75) is 50.7 Å². The van der Waals surface area contributed by atoms with E-state index in [9.17, 15) is 0 Å². The summed E-state index contributed by atoms with van der Waals surface area (Å²) in [4.78, 5) is 0. The van der Waals surface area contributed by atoms with E-state index in [1.165, 1.54) is 10.8 Å². The lowest BCUT2D eigenvalue weighted by atomic mass is 9.97. The highest BCUT2D eigenvalue weighted by atomic mass is 127. The Morgan fingerprint density at radius 3 is 2.05 bits per heavy atom. The molecule has 5 heteroatoms. The Morgan fingerprint density at radius 2 is 1.32 bits per heavy atom. The minimum absolute atomic E-state index is 0.126. The standard InChI is InChI=1S/C33H33IO4/c34-18-17-30-31(37-23-27-15-16-28-13-7-8-14-29(28)19-27)20-32(36-22-26-11-5-2-6-12-26)33(38-30)24-35-21-25-9-3-1-4-10-25/h1-19,30-33H,20-24H2/b18-17-/t30-,31+,32-,33+/m0/s1. The third-order valence-corrected chi connectivity index (χ3v) is 7.23. The van der Waals surface area contributed by atoms with E-state index in [0.717, 1.165) is 23.1 Å². The quantitative estimate of drug-likeness (QED) is 0.162. The second kappa shape index (κ2) is 14.0. The van der Waals surface area contributed by atoms with Gasteiger partial charge >= 0.3 is 0 Å². The van der Waals surface area contributed by atoms with E-state index in [-0.39, 0.29) is 24.4 Å². The molecule has 4 aromatic carbocycles. The lowest BCUT2D eigenvalue weighted by Gasteiger charge is -2.40. The molecule has 0 bridgehead atoms. The van der Waals surface area contributed by atoms with Gasteiger partial charge in [-0.1, -0.05) is 120 Å². The van der Waals surface area contributed by atoms with Gasteiger partial charge in [-0.25, -0.2) is 0 Å². The molecule has 0 aliphatic carbocycles. The molecule has 4 nitrogen and oxygen atoms in total. The van der Waals surface area contributed by atoms with Gasteiger partial charge in [0.05, 0.1) is 38.6 Å². The Balaban J connectivity index is 1.27. The molecular formula is C33H33IO4. The fourth-order valence-electron chi connectivity index (χ4n) is 4.79. The van der Waals surface area contributed by atoms with E-state index in [4.69, 9.17) is 18.9 Å². The zero-order valence-corrected chi connectivity index (χ0v) is 23.5. The highest BCUT2D eigenvalue weighted by molar-refractivity contribution is 14.1. The third kappa shape index (κ3) is 7.52. The van der Waals surface area contributed by atoms with Crippen LogP contribution < -0.4 is 0 Å². The molecule has 0 unspecified atom stereocenters. The van der Waals surface area contributed by atoms with Gasteiger partial charge in [0, 0.05) is 6.42 Å². The maximum Gasteiger partial charge on any atom is 0.108 e. The minimum atomic E-state index is -0.194. The van der Waals surface area contributed by atoms with Gasteiger partial charge < -0.3 is 18.9 Å². The molecule has 4 atom stereocenters. The summed E-state index contributed by atoms with van der Waals surface area (Å²) < 4.78 is 27.6. The van der Waals surface area contributed by atoms with Crippen LogP contribution in [-0.4, -0.2) is 31.0 Å². The van der Waals surface area contributed by atoms with Gasteiger partial charge in [-0.05, 0) is 43.7 Å². The highest BCUT2D eigenvalue weighted by Gasteiger charge is 2.38. The summed E-state index contributed by atoms with van der Waals surface area (Å²) in [5.74, 6) is 0. The number of hydrogen-bond donors (Lipinski definition) is 0. The van der Waals surface area contributed by atoms with Gasteiger partial charge in [-0.2, -0.15) is 0 Å².